The zero-order chi connectivity index (χ0) is 42.2. The molecular formula is C45H59N5O9S. The predicted octanol–water partition coefficient (Wildman–Crippen LogP) is 5.54. The third-order valence-corrected chi connectivity index (χ3v) is 17.3. The molecule has 7 atom stereocenters. The summed E-state index contributed by atoms with van der Waals surface area (Å²) in [5.74, 6) is -0.659. The number of nitrogens with one attached hydrogen (secondary N) is 3. The van der Waals surface area contributed by atoms with E-state index < -0.39 is 73.1 Å². The number of aryl methyl sites for hydroxylation is 2. The number of hydrogen-bond donors (Lipinski definition) is 3. The number of ether oxygens (including phenoxy) is 3. The minimum atomic E-state index is -4.00. The monoisotopic (exact) mass is 845 g/mol. The first-order valence-corrected chi connectivity index (χ1v) is 23.6. The molecule has 3 bridgehead atoms. The Labute approximate surface area is 352 Å². The molecule has 4 saturated carbocycles. The van der Waals surface area contributed by atoms with E-state index in [4.69, 9.17) is 19.2 Å². The molecule has 1 spiro atoms. The second-order valence-electron chi connectivity index (χ2n) is 19.4. The van der Waals surface area contributed by atoms with Crippen molar-refractivity contribution in [3.05, 3.63) is 42.1 Å². The van der Waals surface area contributed by atoms with Crippen LogP contribution >= 0.6 is 0 Å². The molecule has 60 heavy (non-hydrogen) atoms. The van der Waals surface area contributed by atoms with Crippen molar-refractivity contribution in [3.63, 3.8) is 0 Å². The minimum Gasteiger partial charge on any atom is -0.497 e. The lowest BCUT2D eigenvalue weighted by atomic mass is 9.70. The number of methoxy groups -OCH3 is 1. The molecule has 15 heteroatoms. The van der Waals surface area contributed by atoms with Gasteiger partial charge < -0.3 is 29.7 Å². The highest BCUT2D eigenvalue weighted by Gasteiger charge is 2.64. The largest absolute Gasteiger partial charge is 0.497 e. The van der Waals surface area contributed by atoms with Crippen molar-refractivity contribution in [1.29, 1.82) is 0 Å². The summed E-state index contributed by atoms with van der Waals surface area (Å²) >= 11 is 0. The Hall–Kier alpha value is -4.40. The number of rotatable bonds is 8. The van der Waals surface area contributed by atoms with Crippen LogP contribution in [0.4, 0.5) is 4.79 Å². The quantitative estimate of drug-likeness (QED) is 0.286. The van der Waals surface area contributed by atoms with Crippen LogP contribution in [0.1, 0.15) is 121 Å². The highest BCUT2D eigenvalue weighted by Crippen LogP contribution is 2.50. The standard InChI is InChI=1S/C45H59N5O9S/c1-5-28-24-45(28,40(53)49-60(55,56)43(3)20-21-43)48-38(51)34-25-44-19-16-30-31-23-29(57-4)14-15-32(31)46-33(36(30)59-44)13-9-6-8-12-27-22-35(27)58-41(54)47-37(39(52)50(34)26-44)42(2)17-10-7-11-18-42/h5,14-15,23,27-28,34-35,37H,1,6-13,16-22,24-26H2,2-4H3,(H,47,54)(H,48,51)(H,49,53)/t27-,28-,34+,35-,37-,44-,45-/m1/s1. The summed E-state index contributed by atoms with van der Waals surface area (Å²) < 4.78 is 46.4. The average molecular weight is 846 g/mol. The molecule has 1 saturated heterocycles. The van der Waals surface area contributed by atoms with Crippen molar-refractivity contribution in [2.75, 3.05) is 13.7 Å². The first kappa shape index (κ1) is 41.0. The van der Waals surface area contributed by atoms with Gasteiger partial charge >= 0.3 is 6.09 Å². The van der Waals surface area contributed by atoms with Gasteiger partial charge in [-0.3, -0.25) is 19.1 Å². The van der Waals surface area contributed by atoms with Gasteiger partial charge in [-0.15, -0.1) is 6.58 Å². The summed E-state index contributed by atoms with van der Waals surface area (Å²) in [4.78, 5) is 64.6. The maximum Gasteiger partial charge on any atom is 0.408 e. The summed E-state index contributed by atoms with van der Waals surface area (Å²) in [7, 11) is -2.37. The van der Waals surface area contributed by atoms with Gasteiger partial charge in [0.25, 0.3) is 5.91 Å². The van der Waals surface area contributed by atoms with Gasteiger partial charge in [0, 0.05) is 23.3 Å². The Morgan fingerprint density at radius 1 is 1.02 bits per heavy atom. The van der Waals surface area contributed by atoms with Crippen LogP contribution in [0.2, 0.25) is 0 Å². The molecule has 5 fully saturated rings. The van der Waals surface area contributed by atoms with Crippen LogP contribution in [0.5, 0.6) is 11.5 Å². The number of carbonyl (C=O) groups excluding carboxylic acids is 4. The second-order valence-corrected chi connectivity index (χ2v) is 21.6. The van der Waals surface area contributed by atoms with Crippen molar-refractivity contribution >= 4 is 44.7 Å². The van der Waals surface area contributed by atoms with E-state index in [1.807, 2.05) is 25.1 Å². The minimum absolute atomic E-state index is 0.0593. The van der Waals surface area contributed by atoms with Gasteiger partial charge in [0.2, 0.25) is 21.8 Å². The fourth-order valence-electron chi connectivity index (χ4n) is 10.6. The maximum atomic E-state index is 15.4. The van der Waals surface area contributed by atoms with E-state index in [9.17, 15) is 22.8 Å². The molecule has 1 aromatic carbocycles. The first-order valence-electron chi connectivity index (χ1n) is 22.1. The van der Waals surface area contributed by atoms with E-state index in [1.54, 1.807) is 25.0 Å². The van der Waals surface area contributed by atoms with E-state index in [-0.39, 0.29) is 31.4 Å². The number of carbonyl (C=O) groups is 4. The summed E-state index contributed by atoms with van der Waals surface area (Å²) in [5.41, 5.74) is -0.450. The third kappa shape index (κ3) is 7.29. The van der Waals surface area contributed by atoms with Crippen LogP contribution in [0.25, 0.3) is 10.9 Å². The molecule has 2 aromatic rings. The van der Waals surface area contributed by atoms with Gasteiger partial charge in [-0.25, -0.2) is 18.2 Å². The summed E-state index contributed by atoms with van der Waals surface area (Å²) in [5, 5.41) is 6.90. The third-order valence-electron chi connectivity index (χ3n) is 15.1. The van der Waals surface area contributed by atoms with Gasteiger partial charge in [-0.05, 0) is 107 Å². The SMILES string of the molecule is C=C[C@@H]1C[C@]1(NC(=O)[C@@H]1C[C@]23CCc4c(c(nc5ccc(OC)cc45)CCCCC[C@@H]4C[C@H]4OC(=O)N[C@@H](C4(C)CCCCC4)C(=O)N1C2)O3)C(=O)NS(=O)(=O)C1(C)CC1. The molecule has 4 amide bonds. The predicted molar refractivity (Wildman–Crippen MR) is 223 cm³/mol. The summed E-state index contributed by atoms with van der Waals surface area (Å²) in [6.45, 7) is 7.56. The number of aromatic nitrogens is 1. The lowest BCUT2D eigenvalue weighted by Gasteiger charge is -2.42. The van der Waals surface area contributed by atoms with E-state index in [0.717, 1.165) is 73.5 Å². The van der Waals surface area contributed by atoms with Gasteiger partial charge in [-0.2, -0.15) is 0 Å². The molecule has 14 nitrogen and oxygen atoms in total. The molecule has 0 unspecified atom stereocenters. The average Bonchev–Trinajstić information content (AvgIpc) is 4.19. The van der Waals surface area contributed by atoms with Crippen LogP contribution in [0, 0.1) is 17.3 Å². The second kappa shape index (κ2) is 14.9. The molecule has 324 valence electrons. The number of hydrogen-bond acceptors (Lipinski definition) is 10. The lowest BCUT2D eigenvalue weighted by Crippen LogP contribution is -2.61. The van der Waals surface area contributed by atoms with Crippen molar-refractivity contribution in [2.45, 2.75) is 157 Å². The van der Waals surface area contributed by atoms with Crippen molar-refractivity contribution in [2.24, 2.45) is 17.3 Å². The Morgan fingerprint density at radius 2 is 1.78 bits per heavy atom. The number of fused-ring (bicyclic) bond motifs is 4. The van der Waals surface area contributed by atoms with Gasteiger partial charge in [-0.1, -0.05) is 45.1 Å². The fraction of sp³-hybridized carbons (Fsp3) is 0.667. The highest BCUT2D eigenvalue weighted by atomic mass is 32.2. The molecule has 7 aliphatic rings. The van der Waals surface area contributed by atoms with E-state index in [0.29, 0.717) is 56.4 Å². The molecule has 4 aliphatic carbocycles. The zero-order valence-corrected chi connectivity index (χ0v) is 35.9. The maximum absolute atomic E-state index is 15.4. The summed E-state index contributed by atoms with van der Waals surface area (Å²) in [6.07, 6.45) is 12.5. The Bertz CT molecular complexity index is 2240. The number of nitrogens with zero attached hydrogens (tertiary/aromatic N) is 2. The molecule has 9 rings (SSSR count). The van der Waals surface area contributed by atoms with E-state index in [1.165, 1.54) is 0 Å². The first-order chi connectivity index (χ1) is 28.6. The molecule has 1 aromatic heterocycles. The van der Waals surface area contributed by atoms with Crippen LogP contribution in [-0.2, 0) is 42.0 Å². The normalized spacial score (nSPS) is 33.0. The van der Waals surface area contributed by atoms with E-state index in [2.05, 4.69) is 21.9 Å². The fourth-order valence-corrected chi connectivity index (χ4v) is 11.9. The molecular weight excluding hydrogens is 787 g/mol. The lowest BCUT2D eigenvalue weighted by molar-refractivity contribution is -0.144. The van der Waals surface area contributed by atoms with E-state index >= 15 is 4.79 Å². The molecule has 3 N–H and O–H groups in total. The van der Waals surface area contributed by atoms with Gasteiger partial charge in [0.1, 0.15) is 40.8 Å². The smallest absolute Gasteiger partial charge is 0.408 e. The van der Waals surface area contributed by atoms with Crippen LogP contribution in [0.15, 0.2) is 30.9 Å². The summed E-state index contributed by atoms with van der Waals surface area (Å²) in [6, 6.07) is 3.77. The Morgan fingerprint density at radius 3 is 2.50 bits per heavy atom. The van der Waals surface area contributed by atoms with Crippen LogP contribution < -0.4 is 24.8 Å². The topological polar surface area (TPSA) is 182 Å². The highest BCUT2D eigenvalue weighted by molar-refractivity contribution is 7.91. The van der Waals surface area contributed by atoms with Crippen molar-refractivity contribution in [1.82, 2.24) is 25.2 Å². The van der Waals surface area contributed by atoms with Gasteiger partial charge in [0.05, 0.1) is 29.6 Å². The number of benzene rings is 1. The van der Waals surface area contributed by atoms with Crippen LogP contribution in [-0.4, -0.2) is 89.8 Å². The van der Waals surface area contributed by atoms with Crippen molar-refractivity contribution in [3.8, 4) is 11.5 Å². The number of sulfonamides is 1. The number of amides is 4. The number of alkyl carbamates (subject to hydrolysis) is 1. The number of pyridine rings is 1. The van der Waals surface area contributed by atoms with Gasteiger partial charge in [0.15, 0.2) is 0 Å². The van der Waals surface area contributed by atoms with Crippen molar-refractivity contribution < 1.29 is 41.8 Å². The molecule has 3 aliphatic heterocycles. The molecule has 0 radical (unpaired) electrons. The Kier molecular flexibility index (Phi) is 10.2. The zero-order valence-electron chi connectivity index (χ0n) is 35.1. The van der Waals surface area contributed by atoms with Crippen LogP contribution in [0.3, 0.4) is 0 Å². The Balaban J connectivity index is 1.10. The molecule has 4 heterocycles.